The number of pyridine rings is 1. The van der Waals surface area contributed by atoms with Gasteiger partial charge in [0.25, 0.3) is 0 Å². The Hall–Kier alpha value is -4.02. The molecular weight excluding hydrogens is 508 g/mol. The Balaban J connectivity index is 1.70. The highest BCUT2D eigenvalue weighted by Gasteiger charge is 2.19. The smallest absolute Gasteiger partial charge is 0.324 e. The number of fused-ring (bicyclic) bond motifs is 1. The van der Waals surface area contributed by atoms with Crippen LogP contribution in [0.5, 0.6) is 0 Å². The molecular formula is C24H18Cl2FN7O2. The second-order valence-electron chi connectivity index (χ2n) is 8.17. The molecule has 0 saturated heterocycles. The fourth-order valence-electron chi connectivity index (χ4n) is 3.84. The Morgan fingerprint density at radius 2 is 1.92 bits per heavy atom. The van der Waals surface area contributed by atoms with Crippen LogP contribution in [0.3, 0.4) is 0 Å². The van der Waals surface area contributed by atoms with E-state index in [1.54, 1.807) is 55.3 Å². The van der Waals surface area contributed by atoms with E-state index in [1.165, 1.54) is 22.9 Å². The molecule has 3 aromatic heterocycles. The van der Waals surface area contributed by atoms with Crippen LogP contribution < -0.4 is 16.7 Å². The van der Waals surface area contributed by atoms with Crippen molar-refractivity contribution in [2.75, 3.05) is 5.32 Å². The van der Waals surface area contributed by atoms with Crippen LogP contribution in [0.4, 0.5) is 16.0 Å². The number of benzene rings is 2. The summed E-state index contributed by atoms with van der Waals surface area (Å²) >= 11 is 12.6. The second-order valence-corrected chi connectivity index (χ2v) is 8.96. The van der Waals surface area contributed by atoms with Crippen molar-refractivity contribution >= 4 is 45.7 Å². The highest BCUT2D eigenvalue weighted by molar-refractivity contribution is 6.34. The molecule has 0 saturated carbocycles. The summed E-state index contributed by atoms with van der Waals surface area (Å²) in [5, 5.41) is 8.25. The molecule has 0 aliphatic carbocycles. The number of hydrogen-bond acceptors (Lipinski definition) is 6. The number of nitrogens with one attached hydrogen (secondary N) is 1. The molecule has 12 heteroatoms. The third kappa shape index (κ3) is 4.36. The third-order valence-electron chi connectivity index (χ3n) is 5.50. The number of nitrogens with zero attached hydrogens (tertiary/aromatic N) is 6. The second kappa shape index (κ2) is 9.21. The zero-order valence-corrected chi connectivity index (χ0v) is 20.5. The number of aryl methyl sites for hydroxylation is 2. The summed E-state index contributed by atoms with van der Waals surface area (Å²) in [7, 11) is 1.78. The summed E-state index contributed by atoms with van der Waals surface area (Å²) in [6.07, 6.45) is 4.78. The van der Waals surface area contributed by atoms with Crippen molar-refractivity contribution in [3.05, 3.63) is 103 Å². The van der Waals surface area contributed by atoms with Gasteiger partial charge in [0.2, 0.25) is 5.95 Å². The SMILES string of the molecule is Cc1cncc(-n2c(=O)nc(Nc3cc4cn(C)nc4cc3Cl)n(Cc3cccc(F)c3Cl)c2=O)c1. The van der Waals surface area contributed by atoms with Gasteiger partial charge in [-0.1, -0.05) is 35.3 Å². The van der Waals surface area contributed by atoms with Gasteiger partial charge in [-0.05, 0) is 42.3 Å². The summed E-state index contributed by atoms with van der Waals surface area (Å²) in [5.74, 6) is -0.724. The minimum atomic E-state index is -0.824. The molecule has 9 nitrogen and oxygen atoms in total. The van der Waals surface area contributed by atoms with Crippen LogP contribution in [0.2, 0.25) is 10.0 Å². The maximum atomic E-state index is 14.1. The molecule has 0 fully saturated rings. The lowest BCUT2D eigenvalue weighted by Crippen LogP contribution is -2.41. The molecule has 2 aromatic carbocycles. The van der Waals surface area contributed by atoms with E-state index < -0.39 is 17.2 Å². The first-order valence-corrected chi connectivity index (χ1v) is 11.5. The molecule has 5 aromatic rings. The first-order chi connectivity index (χ1) is 17.2. The van der Waals surface area contributed by atoms with Gasteiger partial charge in [-0.25, -0.2) is 18.5 Å². The van der Waals surface area contributed by atoms with Gasteiger partial charge in [0.1, 0.15) is 5.82 Å². The summed E-state index contributed by atoms with van der Waals surface area (Å²) < 4.78 is 17.9. The van der Waals surface area contributed by atoms with Gasteiger partial charge >= 0.3 is 11.4 Å². The average Bonchev–Trinajstić information content (AvgIpc) is 3.18. The quantitative estimate of drug-likeness (QED) is 0.368. The number of halogens is 3. The summed E-state index contributed by atoms with van der Waals surface area (Å²) in [4.78, 5) is 34.9. The van der Waals surface area contributed by atoms with Crippen molar-refractivity contribution in [3.63, 3.8) is 0 Å². The van der Waals surface area contributed by atoms with Crippen molar-refractivity contribution in [1.29, 1.82) is 0 Å². The van der Waals surface area contributed by atoms with E-state index in [0.29, 0.717) is 21.8 Å². The largest absolute Gasteiger partial charge is 0.359 e. The fourth-order valence-corrected chi connectivity index (χ4v) is 4.23. The van der Waals surface area contributed by atoms with E-state index >= 15 is 0 Å². The average molecular weight is 526 g/mol. The zero-order valence-electron chi connectivity index (χ0n) is 19.0. The highest BCUT2D eigenvalue weighted by Crippen LogP contribution is 2.29. The van der Waals surface area contributed by atoms with Crippen LogP contribution in [0.15, 0.2) is 64.6 Å². The Labute approximate surface area is 213 Å². The maximum Gasteiger partial charge on any atom is 0.359 e. The van der Waals surface area contributed by atoms with Crippen molar-refractivity contribution in [3.8, 4) is 5.69 Å². The first-order valence-electron chi connectivity index (χ1n) is 10.7. The van der Waals surface area contributed by atoms with Gasteiger partial charge in [0, 0.05) is 24.8 Å². The summed E-state index contributed by atoms with van der Waals surface area (Å²) in [6.45, 7) is 1.61. The van der Waals surface area contributed by atoms with Crippen LogP contribution in [-0.4, -0.2) is 28.9 Å². The molecule has 0 amide bonds. The predicted octanol–water partition coefficient (Wildman–Crippen LogP) is 4.22. The molecule has 0 spiro atoms. The topological polar surface area (TPSA) is 99.6 Å². The van der Waals surface area contributed by atoms with E-state index in [9.17, 15) is 14.0 Å². The third-order valence-corrected chi connectivity index (χ3v) is 6.24. The van der Waals surface area contributed by atoms with E-state index in [-0.39, 0.29) is 23.2 Å². The molecule has 1 N–H and O–H groups in total. The molecule has 0 atom stereocenters. The molecule has 5 rings (SSSR count). The Bertz CT molecular complexity index is 1760. The monoisotopic (exact) mass is 525 g/mol. The lowest BCUT2D eigenvalue weighted by atomic mass is 10.2. The van der Waals surface area contributed by atoms with Crippen LogP contribution in [0, 0.1) is 12.7 Å². The normalized spacial score (nSPS) is 11.2. The lowest BCUT2D eigenvalue weighted by Gasteiger charge is -2.17. The first kappa shape index (κ1) is 23.7. The van der Waals surface area contributed by atoms with Gasteiger partial charge in [0.05, 0.1) is 39.7 Å². The van der Waals surface area contributed by atoms with Crippen LogP contribution in [0.1, 0.15) is 11.1 Å². The highest BCUT2D eigenvalue weighted by atomic mass is 35.5. The summed E-state index contributed by atoms with van der Waals surface area (Å²) in [5.41, 5.74) is 0.851. The Kier molecular flexibility index (Phi) is 6.07. The number of hydrogen-bond donors (Lipinski definition) is 1. The van der Waals surface area contributed by atoms with Crippen molar-refractivity contribution < 1.29 is 4.39 Å². The van der Waals surface area contributed by atoms with Crippen molar-refractivity contribution in [2.45, 2.75) is 13.5 Å². The molecule has 3 heterocycles. The summed E-state index contributed by atoms with van der Waals surface area (Å²) in [6, 6.07) is 9.30. The predicted molar refractivity (Wildman–Crippen MR) is 136 cm³/mol. The lowest BCUT2D eigenvalue weighted by molar-refractivity contribution is 0.618. The van der Waals surface area contributed by atoms with Gasteiger partial charge in [-0.2, -0.15) is 10.1 Å². The van der Waals surface area contributed by atoms with Crippen LogP contribution >= 0.6 is 23.2 Å². The van der Waals surface area contributed by atoms with Gasteiger partial charge in [-0.15, -0.1) is 0 Å². The van der Waals surface area contributed by atoms with Crippen molar-refractivity contribution in [2.24, 2.45) is 7.05 Å². The number of rotatable bonds is 5. The Morgan fingerprint density at radius 1 is 1.11 bits per heavy atom. The number of aromatic nitrogens is 6. The minimum Gasteiger partial charge on any atom is -0.324 e. The molecule has 0 unspecified atom stereocenters. The zero-order chi connectivity index (χ0) is 25.6. The van der Waals surface area contributed by atoms with E-state index in [0.717, 1.165) is 15.5 Å². The van der Waals surface area contributed by atoms with E-state index in [2.05, 4.69) is 20.4 Å². The maximum absolute atomic E-state index is 14.1. The number of anilines is 2. The van der Waals surface area contributed by atoms with Gasteiger partial charge < -0.3 is 5.32 Å². The molecule has 182 valence electrons. The van der Waals surface area contributed by atoms with E-state index in [1.807, 2.05) is 0 Å². The van der Waals surface area contributed by atoms with Gasteiger partial charge in [0.15, 0.2) is 0 Å². The van der Waals surface area contributed by atoms with Crippen LogP contribution in [-0.2, 0) is 13.6 Å². The standard InChI is InChI=1S/C24H18Cl2FN7O2/c1-13-6-16(10-28-9-13)34-23(35)30-22(29-20-7-15-11-32(2)31-19(15)8-17(20)25)33(24(34)36)12-14-4-3-5-18(27)21(14)26/h3-11H,12H2,1-2H3,(H,29,30,35). The Morgan fingerprint density at radius 3 is 2.69 bits per heavy atom. The van der Waals surface area contributed by atoms with E-state index in [4.69, 9.17) is 23.2 Å². The molecule has 0 radical (unpaired) electrons. The molecule has 0 aliphatic rings. The van der Waals surface area contributed by atoms with Crippen LogP contribution in [0.25, 0.3) is 16.6 Å². The minimum absolute atomic E-state index is 0.0904. The van der Waals surface area contributed by atoms with Crippen molar-refractivity contribution in [1.82, 2.24) is 28.9 Å². The molecule has 0 aliphatic heterocycles. The molecule has 36 heavy (non-hydrogen) atoms. The van der Waals surface area contributed by atoms with Gasteiger partial charge in [-0.3, -0.25) is 14.2 Å². The fraction of sp³-hybridized carbons (Fsp3) is 0.125. The molecule has 0 bridgehead atoms.